The molecule has 0 bridgehead atoms. The Kier molecular flexibility index (Phi) is 11.3. The van der Waals surface area contributed by atoms with Crippen molar-refractivity contribution in [2.24, 2.45) is 5.73 Å². The van der Waals surface area contributed by atoms with E-state index in [1.54, 1.807) is 0 Å². The minimum Gasteiger partial charge on any atom is -0.355 e. The second-order valence-corrected chi connectivity index (χ2v) is 5.49. The van der Waals surface area contributed by atoms with E-state index < -0.39 is 6.04 Å². The second-order valence-electron chi connectivity index (χ2n) is 5.49. The Balaban J connectivity index is 0.00000220. The molecule has 3 N–H and O–H groups in total. The smallest absolute Gasteiger partial charge is 0.237 e. The van der Waals surface area contributed by atoms with Gasteiger partial charge in [-0.1, -0.05) is 30.3 Å². The largest absolute Gasteiger partial charge is 0.355 e. The molecule has 2 rings (SSSR count). The summed E-state index contributed by atoms with van der Waals surface area (Å²) in [5, 5.41) is 2.94. The van der Waals surface area contributed by atoms with Crippen LogP contribution in [-0.4, -0.2) is 43.0 Å². The first kappa shape index (κ1) is 21.2. The van der Waals surface area contributed by atoms with Gasteiger partial charge in [0.2, 0.25) is 5.91 Å². The molecule has 0 spiro atoms. The Hall–Kier alpha value is -0.810. The lowest BCUT2D eigenvalue weighted by molar-refractivity contribution is -0.122. The molecule has 0 aliphatic carbocycles. The Labute approximate surface area is 145 Å². The maximum absolute atomic E-state index is 11.9. The monoisotopic (exact) mass is 347 g/mol. The molecule has 0 radical (unpaired) electrons. The Bertz CT molecular complexity index is 411. The lowest BCUT2D eigenvalue weighted by Crippen LogP contribution is -2.42. The molecule has 1 aromatic carbocycles. The highest BCUT2D eigenvalue weighted by Crippen LogP contribution is 2.07. The molecule has 1 heterocycles. The highest BCUT2D eigenvalue weighted by Gasteiger charge is 2.14. The zero-order chi connectivity index (χ0) is 14.2. The number of carbonyl (C=O) groups is 1. The molecule has 1 amide bonds. The van der Waals surface area contributed by atoms with Crippen molar-refractivity contribution in [1.82, 2.24) is 10.2 Å². The average molecular weight is 348 g/mol. The maximum atomic E-state index is 11.9. The summed E-state index contributed by atoms with van der Waals surface area (Å²) in [4.78, 5) is 14.3. The molecule has 1 unspecified atom stereocenters. The first-order valence-corrected chi connectivity index (χ1v) is 7.55. The van der Waals surface area contributed by atoms with Gasteiger partial charge in [0.05, 0.1) is 6.04 Å². The van der Waals surface area contributed by atoms with Crippen LogP contribution < -0.4 is 11.1 Å². The van der Waals surface area contributed by atoms with E-state index in [0.717, 1.165) is 25.1 Å². The zero-order valence-corrected chi connectivity index (χ0v) is 14.5. The molecular formula is C16H27Cl2N3O. The van der Waals surface area contributed by atoms with Gasteiger partial charge in [0.15, 0.2) is 0 Å². The number of hydrogen-bond donors (Lipinski definition) is 2. The fourth-order valence-corrected chi connectivity index (χ4v) is 2.61. The van der Waals surface area contributed by atoms with Crippen LogP contribution in [0.25, 0.3) is 0 Å². The van der Waals surface area contributed by atoms with Crippen molar-refractivity contribution < 1.29 is 4.79 Å². The molecule has 22 heavy (non-hydrogen) atoms. The van der Waals surface area contributed by atoms with Gasteiger partial charge < -0.3 is 16.0 Å². The number of nitrogens with two attached hydrogens (primary N) is 1. The van der Waals surface area contributed by atoms with Gasteiger partial charge in [-0.2, -0.15) is 0 Å². The van der Waals surface area contributed by atoms with E-state index in [-0.39, 0.29) is 30.7 Å². The highest BCUT2D eigenvalue weighted by molar-refractivity contribution is 5.85. The van der Waals surface area contributed by atoms with Crippen molar-refractivity contribution in [3.63, 3.8) is 0 Å². The van der Waals surface area contributed by atoms with Gasteiger partial charge in [0, 0.05) is 6.54 Å². The lowest BCUT2D eigenvalue weighted by Gasteiger charge is -2.15. The second kappa shape index (κ2) is 11.7. The van der Waals surface area contributed by atoms with Gasteiger partial charge in [-0.15, -0.1) is 24.8 Å². The minimum atomic E-state index is -0.454. The highest BCUT2D eigenvalue weighted by atomic mass is 35.5. The van der Waals surface area contributed by atoms with E-state index in [1.165, 1.54) is 25.9 Å². The standard InChI is InChI=1S/C16H25N3O.2ClH/c17-15(13-14-7-2-1-3-8-14)16(20)18-9-6-12-19-10-4-5-11-19;;/h1-3,7-8,15H,4-6,9-13,17H2,(H,18,20);2*1H. The van der Waals surface area contributed by atoms with Crippen molar-refractivity contribution in [3.8, 4) is 0 Å². The maximum Gasteiger partial charge on any atom is 0.237 e. The van der Waals surface area contributed by atoms with E-state index >= 15 is 0 Å². The third-order valence-electron chi connectivity index (χ3n) is 3.78. The summed E-state index contributed by atoms with van der Waals surface area (Å²) in [5.74, 6) is -0.0460. The van der Waals surface area contributed by atoms with Crippen molar-refractivity contribution >= 4 is 30.7 Å². The van der Waals surface area contributed by atoms with Crippen LogP contribution in [0.5, 0.6) is 0 Å². The lowest BCUT2D eigenvalue weighted by atomic mass is 10.1. The van der Waals surface area contributed by atoms with Gasteiger partial charge in [-0.05, 0) is 50.9 Å². The van der Waals surface area contributed by atoms with Gasteiger partial charge in [0.1, 0.15) is 0 Å². The predicted molar refractivity (Wildman–Crippen MR) is 95.9 cm³/mol. The van der Waals surface area contributed by atoms with Crippen LogP contribution in [0, 0.1) is 0 Å². The number of hydrogen-bond acceptors (Lipinski definition) is 3. The third-order valence-corrected chi connectivity index (χ3v) is 3.78. The van der Waals surface area contributed by atoms with Crippen molar-refractivity contribution in [1.29, 1.82) is 0 Å². The molecule has 1 aromatic rings. The molecule has 1 aliphatic rings. The van der Waals surface area contributed by atoms with Crippen molar-refractivity contribution in [2.75, 3.05) is 26.2 Å². The van der Waals surface area contributed by atoms with Crippen LogP contribution in [-0.2, 0) is 11.2 Å². The van der Waals surface area contributed by atoms with Crippen LogP contribution in [0.1, 0.15) is 24.8 Å². The van der Waals surface area contributed by atoms with Crippen LogP contribution in [0.3, 0.4) is 0 Å². The Morgan fingerprint density at radius 3 is 2.45 bits per heavy atom. The van der Waals surface area contributed by atoms with E-state index in [9.17, 15) is 4.79 Å². The summed E-state index contributed by atoms with van der Waals surface area (Å²) in [6, 6.07) is 9.45. The Morgan fingerprint density at radius 2 is 1.82 bits per heavy atom. The number of likely N-dealkylation sites (tertiary alicyclic amines) is 1. The predicted octanol–water partition coefficient (Wildman–Crippen LogP) is 2.00. The zero-order valence-electron chi connectivity index (χ0n) is 12.9. The van der Waals surface area contributed by atoms with Crippen LogP contribution in [0.2, 0.25) is 0 Å². The first-order chi connectivity index (χ1) is 9.75. The molecular weight excluding hydrogens is 321 g/mol. The number of halogens is 2. The molecule has 1 aliphatic heterocycles. The summed E-state index contributed by atoms with van der Waals surface area (Å²) in [6.07, 6.45) is 4.23. The summed E-state index contributed by atoms with van der Waals surface area (Å²) >= 11 is 0. The fraction of sp³-hybridized carbons (Fsp3) is 0.562. The van der Waals surface area contributed by atoms with Crippen molar-refractivity contribution in [3.05, 3.63) is 35.9 Å². The number of nitrogens with zero attached hydrogens (tertiary/aromatic N) is 1. The summed E-state index contributed by atoms with van der Waals surface area (Å²) < 4.78 is 0. The van der Waals surface area contributed by atoms with Crippen LogP contribution >= 0.6 is 24.8 Å². The molecule has 0 saturated carbocycles. The summed E-state index contributed by atoms with van der Waals surface area (Å²) in [6.45, 7) is 4.22. The SMILES string of the molecule is Cl.Cl.NC(Cc1ccccc1)C(=O)NCCCN1CCCC1. The van der Waals surface area contributed by atoms with Crippen LogP contribution in [0.4, 0.5) is 0 Å². The Morgan fingerprint density at radius 1 is 1.18 bits per heavy atom. The van der Waals surface area contributed by atoms with E-state index in [0.29, 0.717) is 6.42 Å². The average Bonchev–Trinajstić information content (AvgIpc) is 2.97. The van der Waals surface area contributed by atoms with Gasteiger partial charge >= 0.3 is 0 Å². The third kappa shape index (κ3) is 7.45. The quantitative estimate of drug-likeness (QED) is 0.741. The van der Waals surface area contributed by atoms with E-state index in [2.05, 4.69) is 10.2 Å². The molecule has 1 saturated heterocycles. The topological polar surface area (TPSA) is 58.4 Å². The minimum absolute atomic E-state index is 0. The molecule has 6 heteroatoms. The molecule has 1 fully saturated rings. The normalized spacial score (nSPS) is 15.5. The van der Waals surface area contributed by atoms with Crippen LogP contribution in [0.15, 0.2) is 30.3 Å². The van der Waals surface area contributed by atoms with Gasteiger partial charge in [0.25, 0.3) is 0 Å². The number of benzene rings is 1. The molecule has 0 aromatic heterocycles. The van der Waals surface area contributed by atoms with Gasteiger partial charge in [-0.25, -0.2) is 0 Å². The van der Waals surface area contributed by atoms with Gasteiger partial charge in [-0.3, -0.25) is 4.79 Å². The number of amides is 1. The molecule has 1 atom stereocenters. The summed E-state index contributed by atoms with van der Waals surface area (Å²) in [5.41, 5.74) is 7.04. The van der Waals surface area contributed by atoms with E-state index in [4.69, 9.17) is 5.73 Å². The molecule has 4 nitrogen and oxygen atoms in total. The molecule has 126 valence electrons. The van der Waals surface area contributed by atoms with E-state index in [1.807, 2.05) is 30.3 Å². The summed E-state index contributed by atoms with van der Waals surface area (Å²) in [7, 11) is 0. The number of carbonyl (C=O) groups excluding carboxylic acids is 1. The first-order valence-electron chi connectivity index (χ1n) is 7.55. The van der Waals surface area contributed by atoms with Crippen molar-refractivity contribution in [2.45, 2.75) is 31.7 Å². The number of nitrogens with one attached hydrogen (secondary N) is 1. The fourth-order valence-electron chi connectivity index (χ4n) is 2.61. The number of rotatable bonds is 7.